The second kappa shape index (κ2) is 9.04. The Morgan fingerprint density at radius 3 is 2.25 bits per heavy atom. The van der Waals surface area contributed by atoms with E-state index in [0.717, 1.165) is 12.0 Å². The summed E-state index contributed by atoms with van der Waals surface area (Å²) in [6.45, 7) is 8.65. The molecule has 0 aromatic rings. The Bertz CT molecular complexity index is 236. The number of unbranched alkanes of at least 4 members (excludes halogenated alkanes) is 3. The molecular formula is C18H36N2. The van der Waals surface area contributed by atoms with Crippen LogP contribution < -0.4 is 5.32 Å². The second-order valence-corrected chi connectivity index (χ2v) is 7.17. The van der Waals surface area contributed by atoms with Crippen molar-refractivity contribution < 1.29 is 0 Å². The van der Waals surface area contributed by atoms with Crippen LogP contribution in [0.3, 0.4) is 0 Å². The normalized spacial score (nSPS) is 23.2. The SMILES string of the molecule is CCNCCCCCCN1CCC2(CCCCC2)CC1. The number of piperidine rings is 1. The van der Waals surface area contributed by atoms with E-state index in [1.54, 1.807) is 0 Å². The average Bonchev–Trinajstić information content (AvgIpc) is 2.49. The van der Waals surface area contributed by atoms with Crippen LogP contribution in [-0.2, 0) is 0 Å². The predicted octanol–water partition coefficient (Wildman–Crippen LogP) is 4.20. The summed E-state index contributed by atoms with van der Waals surface area (Å²) in [6.07, 6.45) is 16.2. The van der Waals surface area contributed by atoms with Gasteiger partial charge in [0.25, 0.3) is 0 Å². The Kier molecular flexibility index (Phi) is 7.37. The van der Waals surface area contributed by atoms with Gasteiger partial charge in [-0.2, -0.15) is 0 Å². The van der Waals surface area contributed by atoms with Crippen LogP contribution >= 0.6 is 0 Å². The van der Waals surface area contributed by atoms with Gasteiger partial charge in [-0.3, -0.25) is 0 Å². The van der Waals surface area contributed by atoms with Crippen LogP contribution in [0.15, 0.2) is 0 Å². The molecule has 1 spiro atoms. The Balaban J connectivity index is 1.49. The molecule has 1 saturated carbocycles. The fourth-order valence-electron chi connectivity index (χ4n) is 4.17. The summed E-state index contributed by atoms with van der Waals surface area (Å²) in [5.74, 6) is 0. The third kappa shape index (κ3) is 5.37. The van der Waals surface area contributed by atoms with Crippen molar-refractivity contribution in [2.75, 3.05) is 32.7 Å². The predicted molar refractivity (Wildman–Crippen MR) is 88.2 cm³/mol. The quantitative estimate of drug-likeness (QED) is 0.670. The first-order valence-electron chi connectivity index (χ1n) is 9.28. The van der Waals surface area contributed by atoms with E-state index < -0.39 is 0 Å². The van der Waals surface area contributed by atoms with Crippen molar-refractivity contribution in [3.8, 4) is 0 Å². The van der Waals surface area contributed by atoms with Crippen LogP contribution in [0, 0.1) is 5.41 Å². The van der Waals surface area contributed by atoms with E-state index in [4.69, 9.17) is 0 Å². The zero-order chi connectivity index (χ0) is 14.1. The number of hydrogen-bond acceptors (Lipinski definition) is 2. The van der Waals surface area contributed by atoms with E-state index in [1.165, 1.54) is 96.8 Å². The minimum absolute atomic E-state index is 0.778. The zero-order valence-electron chi connectivity index (χ0n) is 13.8. The van der Waals surface area contributed by atoms with Crippen LogP contribution in [0.4, 0.5) is 0 Å². The fraction of sp³-hybridized carbons (Fsp3) is 1.00. The van der Waals surface area contributed by atoms with E-state index in [2.05, 4.69) is 17.1 Å². The zero-order valence-corrected chi connectivity index (χ0v) is 13.8. The number of likely N-dealkylation sites (tertiary alicyclic amines) is 1. The van der Waals surface area contributed by atoms with Crippen molar-refractivity contribution in [1.29, 1.82) is 0 Å². The van der Waals surface area contributed by atoms with Crippen LogP contribution in [0.1, 0.15) is 77.6 Å². The maximum Gasteiger partial charge on any atom is -0.00134 e. The Morgan fingerprint density at radius 2 is 1.55 bits per heavy atom. The molecule has 2 fully saturated rings. The third-order valence-corrected chi connectivity index (χ3v) is 5.66. The molecule has 2 heteroatoms. The smallest absolute Gasteiger partial charge is 0.00134 e. The molecule has 1 aliphatic carbocycles. The molecule has 2 nitrogen and oxygen atoms in total. The molecule has 118 valence electrons. The highest BCUT2D eigenvalue weighted by Crippen LogP contribution is 2.44. The molecule has 0 aromatic heterocycles. The molecule has 2 rings (SSSR count). The highest BCUT2D eigenvalue weighted by atomic mass is 15.1. The van der Waals surface area contributed by atoms with E-state index in [-0.39, 0.29) is 0 Å². The Labute approximate surface area is 126 Å². The third-order valence-electron chi connectivity index (χ3n) is 5.66. The Morgan fingerprint density at radius 1 is 0.850 bits per heavy atom. The van der Waals surface area contributed by atoms with E-state index >= 15 is 0 Å². The van der Waals surface area contributed by atoms with Gasteiger partial charge in [-0.15, -0.1) is 0 Å². The van der Waals surface area contributed by atoms with Crippen LogP contribution in [0.2, 0.25) is 0 Å². The van der Waals surface area contributed by atoms with Crippen molar-refractivity contribution >= 4 is 0 Å². The lowest BCUT2D eigenvalue weighted by Crippen LogP contribution is -2.41. The largest absolute Gasteiger partial charge is 0.317 e. The summed E-state index contributed by atoms with van der Waals surface area (Å²) in [7, 11) is 0. The van der Waals surface area contributed by atoms with Gasteiger partial charge in [-0.25, -0.2) is 0 Å². The van der Waals surface area contributed by atoms with E-state index in [9.17, 15) is 0 Å². The molecule has 1 aliphatic heterocycles. The standard InChI is InChI=1S/C18H36N2/c1-2-19-14-8-3-4-9-15-20-16-12-18(13-17-20)10-6-5-7-11-18/h19H,2-17H2,1H3. The van der Waals surface area contributed by atoms with Gasteiger partial charge in [-0.1, -0.05) is 39.0 Å². The van der Waals surface area contributed by atoms with Crippen LogP contribution in [-0.4, -0.2) is 37.6 Å². The van der Waals surface area contributed by atoms with Gasteiger partial charge in [0.1, 0.15) is 0 Å². The van der Waals surface area contributed by atoms with Crippen molar-refractivity contribution in [3.63, 3.8) is 0 Å². The Hall–Kier alpha value is -0.0800. The lowest BCUT2D eigenvalue weighted by molar-refractivity contribution is 0.0670. The van der Waals surface area contributed by atoms with Crippen molar-refractivity contribution in [3.05, 3.63) is 0 Å². The number of nitrogens with one attached hydrogen (secondary N) is 1. The van der Waals surface area contributed by atoms with Crippen molar-refractivity contribution in [1.82, 2.24) is 10.2 Å². The summed E-state index contributed by atoms with van der Waals surface area (Å²) in [4.78, 5) is 2.74. The first-order chi connectivity index (χ1) is 9.85. The van der Waals surface area contributed by atoms with E-state index in [1.807, 2.05) is 0 Å². The van der Waals surface area contributed by atoms with E-state index in [0.29, 0.717) is 0 Å². The molecule has 0 atom stereocenters. The van der Waals surface area contributed by atoms with Crippen LogP contribution in [0.5, 0.6) is 0 Å². The molecule has 0 bridgehead atoms. The van der Waals surface area contributed by atoms with Crippen molar-refractivity contribution in [2.45, 2.75) is 77.6 Å². The highest BCUT2D eigenvalue weighted by molar-refractivity contribution is 4.88. The maximum atomic E-state index is 3.41. The van der Waals surface area contributed by atoms with Gasteiger partial charge in [0, 0.05) is 0 Å². The maximum absolute atomic E-state index is 3.41. The summed E-state index contributed by atoms with van der Waals surface area (Å²) in [5, 5.41) is 3.41. The summed E-state index contributed by atoms with van der Waals surface area (Å²) in [5.41, 5.74) is 0.778. The van der Waals surface area contributed by atoms with Crippen LogP contribution in [0.25, 0.3) is 0 Å². The highest BCUT2D eigenvalue weighted by Gasteiger charge is 2.35. The summed E-state index contributed by atoms with van der Waals surface area (Å²) in [6, 6.07) is 0. The molecule has 1 N–H and O–H groups in total. The molecule has 0 aromatic carbocycles. The number of rotatable bonds is 8. The molecule has 0 radical (unpaired) electrons. The summed E-state index contributed by atoms with van der Waals surface area (Å²) >= 11 is 0. The first kappa shape index (κ1) is 16.3. The average molecular weight is 280 g/mol. The lowest BCUT2D eigenvalue weighted by atomic mass is 9.68. The molecule has 1 saturated heterocycles. The van der Waals surface area contributed by atoms with Gasteiger partial charge in [0.2, 0.25) is 0 Å². The molecule has 0 amide bonds. The minimum atomic E-state index is 0.778. The molecule has 0 unspecified atom stereocenters. The molecule has 20 heavy (non-hydrogen) atoms. The van der Waals surface area contributed by atoms with Crippen molar-refractivity contribution in [2.24, 2.45) is 5.41 Å². The topological polar surface area (TPSA) is 15.3 Å². The second-order valence-electron chi connectivity index (χ2n) is 7.17. The first-order valence-corrected chi connectivity index (χ1v) is 9.28. The summed E-state index contributed by atoms with van der Waals surface area (Å²) < 4.78 is 0. The number of nitrogens with zero attached hydrogens (tertiary/aromatic N) is 1. The lowest BCUT2D eigenvalue weighted by Gasteiger charge is -2.44. The minimum Gasteiger partial charge on any atom is -0.317 e. The molecular weight excluding hydrogens is 244 g/mol. The van der Waals surface area contributed by atoms with Gasteiger partial charge in [0.05, 0.1) is 0 Å². The number of hydrogen-bond donors (Lipinski definition) is 1. The monoisotopic (exact) mass is 280 g/mol. The van der Waals surface area contributed by atoms with Gasteiger partial charge in [-0.05, 0) is 76.7 Å². The van der Waals surface area contributed by atoms with Gasteiger partial charge < -0.3 is 10.2 Å². The van der Waals surface area contributed by atoms with Gasteiger partial charge in [0.15, 0.2) is 0 Å². The molecule has 2 aliphatic rings. The molecule has 1 heterocycles. The fourth-order valence-corrected chi connectivity index (χ4v) is 4.17. The van der Waals surface area contributed by atoms with Gasteiger partial charge >= 0.3 is 0 Å².